The zero-order valence-corrected chi connectivity index (χ0v) is 12.3. The van der Waals surface area contributed by atoms with E-state index in [-0.39, 0.29) is 6.04 Å². The minimum atomic E-state index is 0.175. The van der Waals surface area contributed by atoms with E-state index in [4.69, 9.17) is 11.6 Å². The minimum absolute atomic E-state index is 0.175. The van der Waals surface area contributed by atoms with Crippen LogP contribution in [0.25, 0.3) is 0 Å². The van der Waals surface area contributed by atoms with Crippen LogP contribution in [0.3, 0.4) is 0 Å². The summed E-state index contributed by atoms with van der Waals surface area (Å²) in [7, 11) is 3.88. The molecule has 2 aromatic heterocycles. The number of halogens is 1. The largest absolute Gasteiger partial charge is 0.311 e. The van der Waals surface area contributed by atoms with Crippen LogP contribution in [0.1, 0.15) is 30.0 Å². The van der Waals surface area contributed by atoms with Crippen LogP contribution < -0.4 is 5.32 Å². The van der Waals surface area contributed by atoms with Crippen LogP contribution in [0.5, 0.6) is 0 Å². The van der Waals surface area contributed by atoms with Gasteiger partial charge in [0, 0.05) is 18.8 Å². The molecule has 18 heavy (non-hydrogen) atoms. The van der Waals surface area contributed by atoms with E-state index >= 15 is 0 Å². The van der Waals surface area contributed by atoms with Crippen molar-refractivity contribution in [2.24, 2.45) is 7.05 Å². The van der Waals surface area contributed by atoms with Crippen molar-refractivity contribution in [3.63, 3.8) is 0 Å². The maximum atomic E-state index is 6.36. The average molecular weight is 285 g/mol. The van der Waals surface area contributed by atoms with Crippen molar-refractivity contribution in [2.45, 2.75) is 25.8 Å². The van der Waals surface area contributed by atoms with Crippen LogP contribution in [0.4, 0.5) is 0 Å². The van der Waals surface area contributed by atoms with Crippen LogP contribution >= 0.6 is 22.9 Å². The lowest BCUT2D eigenvalue weighted by atomic mass is 10.1. The zero-order valence-electron chi connectivity index (χ0n) is 10.8. The third-order valence-corrected chi connectivity index (χ3v) is 4.10. The molecule has 4 nitrogen and oxygen atoms in total. The molecule has 2 heterocycles. The standard InChI is InChI=1S/C12H17ClN4S/c1-4-8-12(13)11(17(3)16-8)5-9(14-2)10-6-18-7-15-10/h6-7,9,14H,4-5H2,1-3H3. The maximum absolute atomic E-state index is 6.36. The van der Waals surface area contributed by atoms with Gasteiger partial charge in [0.05, 0.1) is 33.7 Å². The van der Waals surface area contributed by atoms with Gasteiger partial charge in [-0.2, -0.15) is 5.10 Å². The van der Waals surface area contributed by atoms with Crippen molar-refractivity contribution < 1.29 is 0 Å². The molecule has 0 spiro atoms. The van der Waals surface area contributed by atoms with Gasteiger partial charge >= 0.3 is 0 Å². The number of nitrogens with one attached hydrogen (secondary N) is 1. The fourth-order valence-corrected chi connectivity index (χ4v) is 2.96. The Balaban J connectivity index is 2.25. The number of hydrogen-bond acceptors (Lipinski definition) is 4. The highest BCUT2D eigenvalue weighted by atomic mass is 35.5. The van der Waals surface area contributed by atoms with Crippen molar-refractivity contribution in [3.8, 4) is 0 Å². The molecule has 98 valence electrons. The Morgan fingerprint density at radius 3 is 2.83 bits per heavy atom. The Hall–Kier alpha value is -0.910. The van der Waals surface area contributed by atoms with Gasteiger partial charge in [-0.3, -0.25) is 4.68 Å². The molecule has 0 aliphatic heterocycles. The van der Waals surface area contributed by atoms with Crippen molar-refractivity contribution >= 4 is 22.9 Å². The summed E-state index contributed by atoms with van der Waals surface area (Å²) in [5.74, 6) is 0. The Kier molecular flexibility index (Phi) is 4.37. The number of nitrogens with zero attached hydrogens (tertiary/aromatic N) is 3. The quantitative estimate of drug-likeness (QED) is 0.918. The summed E-state index contributed by atoms with van der Waals surface area (Å²) < 4.78 is 1.87. The summed E-state index contributed by atoms with van der Waals surface area (Å²) in [6.07, 6.45) is 1.65. The summed E-state index contributed by atoms with van der Waals surface area (Å²) in [4.78, 5) is 4.35. The van der Waals surface area contributed by atoms with Crippen LogP contribution in [-0.2, 0) is 19.9 Å². The van der Waals surface area contributed by atoms with Crippen molar-refractivity contribution in [1.29, 1.82) is 0 Å². The molecule has 6 heteroatoms. The lowest BCUT2D eigenvalue weighted by molar-refractivity contribution is 0.551. The SMILES string of the molecule is CCc1nn(C)c(CC(NC)c2cscn2)c1Cl. The molecule has 0 fully saturated rings. The third-order valence-electron chi connectivity index (χ3n) is 3.06. The van der Waals surface area contributed by atoms with E-state index in [1.165, 1.54) is 0 Å². The van der Waals surface area contributed by atoms with Gasteiger partial charge in [0.25, 0.3) is 0 Å². The molecule has 0 bridgehead atoms. The Bertz CT molecular complexity index is 506. The second kappa shape index (κ2) is 5.82. The summed E-state index contributed by atoms with van der Waals surface area (Å²) in [6.45, 7) is 2.06. The molecular weight excluding hydrogens is 268 g/mol. The lowest BCUT2D eigenvalue weighted by Gasteiger charge is -2.14. The molecule has 1 unspecified atom stereocenters. The molecule has 0 saturated heterocycles. The Morgan fingerprint density at radius 2 is 2.33 bits per heavy atom. The smallest absolute Gasteiger partial charge is 0.0850 e. The zero-order chi connectivity index (χ0) is 13.1. The molecule has 0 saturated carbocycles. The molecule has 2 aromatic rings. The van der Waals surface area contributed by atoms with Gasteiger partial charge in [0.2, 0.25) is 0 Å². The summed E-state index contributed by atoms with van der Waals surface area (Å²) in [6, 6.07) is 0.175. The first kappa shape index (κ1) is 13.5. The summed E-state index contributed by atoms with van der Waals surface area (Å²) >= 11 is 7.97. The van der Waals surface area contributed by atoms with Crippen molar-refractivity contribution in [1.82, 2.24) is 20.1 Å². The number of likely N-dealkylation sites (N-methyl/N-ethyl adjacent to an activating group) is 1. The van der Waals surface area contributed by atoms with Crippen LogP contribution in [0.15, 0.2) is 10.9 Å². The fraction of sp³-hybridized carbons (Fsp3) is 0.500. The molecule has 0 aliphatic rings. The molecule has 2 rings (SSSR count). The normalized spacial score (nSPS) is 12.9. The number of aromatic nitrogens is 3. The van der Waals surface area contributed by atoms with E-state index in [0.29, 0.717) is 0 Å². The van der Waals surface area contributed by atoms with Gasteiger partial charge < -0.3 is 5.32 Å². The highest BCUT2D eigenvalue weighted by Crippen LogP contribution is 2.26. The van der Waals surface area contributed by atoms with Gasteiger partial charge in [-0.05, 0) is 13.5 Å². The number of thiazole rings is 1. The predicted octanol–water partition coefficient (Wildman–Crippen LogP) is 2.60. The van der Waals surface area contributed by atoms with Gasteiger partial charge in [-0.15, -0.1) is 11.3 Å². The number of aryl methyl sites for hydroxylation is 2. The third kappa shape index (κ3) is 2.58. The highest BCUT2D eigenvalue weighted by molar-refractivity contribution is 7.07. The van der Waals surface area contributed by atoms with E-state index in [1.807, 2.05) is 24.3 Å². The van der Waals surface area contributed by atoms with Gasteiger partial charge in [0.1, 0.15) is 0 Å². The van der Waals surface area contributed by atoms with Crippen LogP contribution in [0, 0.1) is 0 Å². The topological polar surface area (TPSA) is 42.7 Å². The van der Waals surface area contributed by atoms with E-state index in [9.17, 15) is 0 Å². The second-order valence-electron chi connectivity index (χ2n) is 4.14. The second-order valence-corrected chi connectivity index (χ2v) is 5.24. The van der Waals surface area contributed by atoms with Crippen LogP contribution in [0.2, 0.25) is 5.02 Å². The Morgan fingerprint density at radius 1 is 1.56 bits per heavy atom. The molecule has 0 radical (unpaired) electrons. The lowest BCUT2D eigenvalue weighted by Crippen LogP contribution is -2.20. The molecular formula is C12H17ClN4S. The van der Waals surface area contributed by atoms with E-state index in [1.54, 1.807) is 11.3 Å². The summed E-state index contributed by atoms with van der Waals surface area (Å²) in [5, 5.41) is 10.6. The van der Waals surface area contributed by atoms with Gasteiger partial charge in [0.15, 0.2) is 0 Å². The molecule has 1 N–H and O–H groups in total. The molecule has 0 amide bonds. The van der Waals surface area contributed by atoms with E-state index in [2.05, 4.69) is 27.7 Å². The predicted molar refractivity (Wildman–Crippen MR) is 75.2 cm³/mol. The average Bonchev–Trinajstić information content (AvgIpc) is 2.97. The minimum Gasteiger partial charge on any atom is -0.311 e. The van der Waals surface area contributed by atoms with Gasteiger partial charge in [-0.1, -0.05) is 18.5 Å². The monoisotopic (exact) mass is 284 g/mol. The van der Waals surface area contributed by atoms with E-state index < -0.39 is 0 Å². The first-order valence-electron chi connectivity index (χ1n) is 5.93. The molecule has 1 atom stereocenters. The Labute approximate surface area is 116 Å². The maximum Gasteiger partial charge on any atom is 0.0850 e. The van der Waals surface area contributed by atoms with Crippen LogP contribution in [-0.4, -0.2) is 21.8 Å². The first-order chi connectivity index (χ1) is 8.67. The van der Waals surface area contributed by atoms with Crippen molar-refractivity contribution in [3.05, 3.63) is 33.0 Å². The number of hydrogen-bond donors (Lipinski definition) is 1. The molecule has 0 aliphatic carbocycles. The summed E-state index contributed by atoms with van der Waals surface area (Å²) in [5.41, 5.74) is 4.92. The fourth-order valence-electron chi connectivity index (χ4n) is 1.98. The first-order valence-corrected chi connectivity index (χ1v) is 7.25. The van der Waals surface area contributed by atoms with E-state index in [0.717, 1.165) is 34.9 Å². The highest BCUT2D eigenvalue weighted by Gasteiger charge is 2.19. The van der Waals surface area contributed by atoms with Gasteiger partial charge in [-0.25, -0.2) is 4.98 Å². The number of rotatable bonds is 5. The van der Waals surface area contributed by atoms with Crippen molar-refractivity contribution in [2.75, 3.05) is 7.05 Å². The molecule has 0 aromatic carbocycles.